The summed E-state index contributed by atoms with van der Waals surface area (Å²) in [6.45, 7) is 5.99. The van der Waals surface area contributed by atoms with Crippen molar-refractivity contribution in [2.45, 2.75) is 32.8 Å². The van der Waals surface area contributed by atoms with Gasteiger partial charge < -0.3 is 15.3 Å². The Morgan fingerprint density at radius 3 is 2.80 bits per heavy atom. The first-order valence-corrected chi connectivity index (χ1v) is 7.30. The topological polar surface area (TPSA) is 65.5 Å². The molecule has 1 unspecified atom stereocenters. The number of carbonyl (C=O) groups is 1. The maximum absolute atomic E-state index is 12.4. The van der Waals surface area contributed by atoms with Gasteiger partial charge in [0.05, 0.1) is 6.10 Å². The molecule has 1 aromatic heterocycles. The lowest BCUT2D eigenvalue weighted by Crippen LogP contribution is -2.41. The van der Waals surface area contributed by atoms with Crippen molar-refractivity contribution in [3.63, 3.8) is 0 Å². The van der Waals surface area contributed by atoms with Crippen LogP contribution in [0.15, 0.2) is 18.2 Å². The summed E-state index contributed by atoms with van der Waals surface area (Å²) in [7, 11) is 0. The van der Waals surface area contributed by atoms with Crippen LogP contribution in [-0.4, -0.2) is 46.6 Å². The molecule has 0 bridgehead atoms. The highest BCUT2D eigenvalue weighted by molar-refractivity contribution is 5.92. The smallest absolute Gasteiger partial charge is 0.272 e. The average molecular weight is 277 g/mol. The summed E-state index contributed by atoms with van der Waals surface area (Å²) in [5.41, 5.74) is 0.485. The molecule has 0 saturated carbocycles. The van der Waals surface area contributed by atoms with Crippen molar-refractivity contribution in [2.75, 3.05) is 25.0 Å². The number of anilines is 1. The Morgan fingerprint density at radius 2 is 2.20 bits per heavy atom. The first kappa shape index (κ1) is 14.8. The highest BCUT2D eigenvalue weighted by Gasteiger charge is 2.26. The van der Waals surface area contributed by atoms with Crippen LogP contribution < -0.4 is 5.32 Å². The fraction of sp³-hybridized carbons (Fsp3) is 0.600. The monoisotopic (exact) mass is 277 g/mol. The lowest BCUT2D eigenvalue weighted by molar-refractivity contribution is 0.0517. The van der Waals surface area contributed by atoms with Crippen LogP contribution in [0.1, 0.15) is 37.2 Å². The number of likely N-dealkylation sites (tertiary alicyclic amines) is 1. The van der Waals surface area contributed by atoms with Gasteiger partial charge in [0.25, 0.3) is 5.91 Å². The first-order valence-electron chi connectivity index (χ1n) is 7.30. The van der Waals surface area contributed by atoms with E-state index in [0.717, 1.165) is 25.2 Å². The van der Waals surface area contributed by atoms with Gasteiger partial charge in [-0.1, -0.05) is 6.07 Å². The third-order valence-electron chi connectivity index (χ3n) is 3.84. The van der Waals surface area contributed by atoms with Gasteiger partial charge >= 0.3 is 0 Å². The zero-order valence-electron chi connectivity index (χ0n) is 12.2. The lowest BCUT2D eigenvalue weighted by Gasteiger charge is -2.33. The third-order valence-corrected chi connectivity index (χ3v) is 3.84. The van der Waals surface area contributed by atoms with E-state index in [1.807, 2.05) is 30.9 Å². The van der Waals surface area contributed by atoms with Crippen LogP contribution in [0.3, 0.4) is 0 Å². The van der Waals surface area contributed by atoms with E-state index in [-0.39, 0.29) is 12.0 Å². The molecule has 110 valence electrons. The summed E-state index contributed by atoms with van der Waals surface area (Å²) < 4.78 is 0. The molecule has 5 heteroatoms. The van der Waals surface area contributed by atoms with Gasteiger partial charge in [-0.05, 0) is 44.7 Å². The molecule has 20 heavy (non-hydrogen) atoms. The van der Waals surface area contributed by atoms with E-state index in [4.69, 9.17) is 0 Å². The van der Waals surface area contributed by atoms with Crippen molar-refractivity contribution in [3.8, 4) is 0 Å². The largest absolute Gasteiger partial charge is 0.393 e. The van der Waals surface area contributed by atoms with Gasteiger partial charge in [-0.3, -0.25) is 4.79 Å². The number of hydrogen-bond donors (Lipinski definition) is 2. The molecule has 2 heterocycles. The van der Waals surface area contributed by atoms with Crippen LogP contribution in [0.5, 0.6) is 0 Å². The number of nitrogens with zero attached hydrogens (tertiary/aromatic N) is 2. The molecule has 1 atom stereocenters. The molecule has 1 amide bonds. The van der Waals surface area contributed by atoms with Crippen LogP contribution in [0.4, 0.5) is 5.82 Å². The van der Waals surface area contributed by atoms with Gasteiger partial charge in [-0.15, -0.1) is 0 Å². The average Bonchev–Trinajstić information content (AvgIpc) is 2.47. The summed E-state index contributed by atoms with van der Waals surface area (Å²) in [6.07, 6.45) is 1.43. The van der Waals surface area contributed by atoms with Crippen molar-refractivity contribution in [3.05, 3.63) is 23.9 Å². The third kappa shape index (κ3) is 3.48. The molecule has 0 spiro atoms. The number of aliphatic hydroxyl groups is 1. The van der Waals surface area contributed by atoms with Gasteiger partial charge in [-0.2, -0.15) is 0 Å². The predicted molar refractivity (Wildman–Crippen MR) is 78.7 cm³/mol. The van der Waals surface area contributed by atoms with Crippen molar-refractivity contribution < 1.29 is 9.90 Å². The second-order valence-corrected chi connectivity index (χ2v) is 5.31. The molecule has 5 nitrogen and oxygen atoms in total. The Morgan fingerprint density at radius 1 is 1.50 bits per heavy atom. The number of piperidine rings is 1. The molecule has 2 N–H and O–H groups in total. The predicted octanol–water partition coefficient (Wildman–Crippen LogP) is 1.75. The molecule has 1 aromatic rings. The molecule has 0 aromatic carbocycles. The number of aromatic nitrogens is 1. The van der Waals surface area contributed by atoms with Crippen molar-refractivity contribution >= 4 is 11.7 Å². The van der Waals surface area contributed by atoms with Gasteiger partial charge in [0, 0.05) is 19.6 Å². The zero-order valence-corrected chi connectivity index (χ0v) is 12.2. The van der Waals surface area contributed by atoms with Gasteiger partial charge in [0.15, 0.2) is 0 Å². The van der Waals surface area contributed by atoms with Crippen molar-refractivity contribution in [2.24, 2.45) is 5.92 Å². The quantitative estimate of drug-likeness (QED) is 0.880. The van der Waals surface area contributed by atoms with Crippen LogP contribution in [0.2, 0.25) is 0 Å². The number of aliphatic hydroxyl groups excluding tert-OH is 1. The van der Waals surface area contributed by atoms with Gasteiger partial charge in [0.2, 0.25) is 0 Å². The Bertz CT molecular complexity index is 454. The van der Waals surface area contributed by atoms with E-state index in [0.29, 0.717) is 24.7 Å². The van der Waals surface area contributed by atoms with Crippen LogP contribution >= 0.6 is 0 Å². The minimum Gasteiger partial charge on any atom is -0.393 e. The van der Waals surface area contributed by atoms with Gasteiger partial charge in [0.1, 0.15) is 11.5 Å². The minimum absolute atomic E-state index is 0.0196. The number of carbonyl (C=O) groups excluding carboxylic acids is 1. The maximum Gasteiger partial charge on any atom is 0.272 e. The summed E-state index contributed by atoms with van der Waals surface area (Å²) in [4.78, 5) is 18.6. The second-order valence-electron chi connectivity index (χ2n) is 5.31. The van der Waals surface area contributed by atoms with E-state index in [2.05, 4.69) is 10.3 Å². The minimum atomic E-state index is -0.289. The van der Waals surface area contributed by atoms with Crippen LogP contribution in [0, 0.1) is 5.92 Å². The van der Waals surface area contributed by atoms with E-state index in [9.17, 15) is 9.90 Å². The lowest BCUT2D eigenvalue weighted by atomic mass is 9.92. The second kappa shape index (κ2) is 6.70. The molecule has 2 rings (SSSR count). The summed E-state index contributed by atoms with van der Waals surface area (Å²) in [5, 5.41) is 12.7. The summed E-state index contributed by atoms with van der Waals surface area (Å²) in [5.74, 6) is 1.02. The van der Waals surface area contributed by atoms with Crippen LogP contribution in [-0.2, 0) is 0 Å². The van der Waals surface area contributed by atoms with E-state index in [1.165, 1.54) is 0 Å². The standard InChI is InChI=1S/C15H23N3O2/c1-3-16-14-6-4-5-13(17-14)15(20)18-9-7-12(8-10-18)11(2)19/h4-6,11-12,19H,3,7-10H2,1-2H3,(H,16,17). The number of hydrogen-bond acceptors (Lipinski definition) is 4. The Hall–Kier alpha value is -1.62. The molecule has 1 fully saturated rings. The first-order chi connectivity index (χ1) is 9.61. The normalized spacial score (nSPS) is 17.9. The number of nitrogens with one attached hydrogen (secondary N) is 1. The van der Waals surface area contributed by atoms with E-state index >= 15 is 0 Å². The fourth-order valence-electron chi connectivity index (χ4n) is 2.58. The molecule has 1 aliphatic rings. The number of pyridine rings is 1. The molecule has 0 aliphatic carbocycles. The highest BCUT2D eigenvalue weighted by Crippen LogP contribution is 2.21. The number of amides is 1. The molecule has 1 saturated heterocycles. The Labute approximate surface area is 120 Å². The van der Waals surface area contributed by atoms with Crippen LogP contribution in [0.25, 0.3) is 0 Å². The summed E-state index contributed by atoms with van der Waals surface area (Å²) in [6, 6.07) is 5.46. The Kier molecular flexibility index (Phi) is 4.95. The molecular formula is C15H23N3O2. The SMILES string of the molecule is CCNc1cccc(C(=O)N2CCC(C(C)O)CC2)n1. The van der Waals surface area contributed by atoms with E-state index < -0.39 is 0 Å². The Balaban J connectivity index is 2.00. The molecular weight excluding hydrogens is 254 g/mol. The van der Waals surface area contributed by atoms with Gasteiger partial charge in [-0.25, -0.2) is 4.98 Å². The molecule has 1 aliphatic heterocycles. The maximum atomic E-state index is 12.4. The summed E-state index contributed by atoms with van der Waals surface area (Å²) >= 11 is 0. The van der Waals surface area contributed by atoms with E-state index in [1.54, 1.807) is 6.07 Å². The fourth-order valence-corrected chi connectivity index (χ4v) is 2.58. The zero-order chi connectivity index (χ0) is 14.5. The highest BCUT2D eigenvalue weighted by atomic mass is 16.3. The molecule has 0 radical (unpaired) electrons. The van der Waals surface area contributed by atoms with Crippen molar-refractivity contribution in [1.82, 2.24) is 9.88 Å². The van der Waals surface area contributed by atoms with Crippen molar-refractivity contribution in [1.29, 1.82) is 0 Å². The number of rotatable bonds is 4.